The Kier molecular flexibility index (Phi) is 4.97. The zero-order valence-corrected chi connectivity index (χ0v) is 12.0. The van der Waals surface area contributed by atoms with Gasteiger partial charge in [0.15, 0.2) is 0 Å². The summed E-state index contributed by atoms with van der Waals surface area (Å²) < 4.78 is 38.0. The molecule has 0 bridgehead atoms. The molecule has 2 fully saturated rings. The van der Waals surface area contributed by atoms with E-state index in [1.54, 1.807) is 0 Å². The van der Waals surface area contributed by atoms with Crippen LogP contribution in [0, 0.1) is 5.92 Å². The Balaban J connectivity index is 1.90. The van der Waals surface area contributed by atoms with Gasteiger partial charge in [-0.3, -0.25) is 0 Å². The van der Waals surface area contributed by atoms with Crippen molar-refractivity contribution in [3.05, 3.63) is 0 Å². The smallest absolute Gasteiger partial charge is 0.391 e. The summed E-state index contributed by atoms with van der Waals surface area (Å²) in [6.45, 7) is 1.15. The van der Waals surface area contributed by atoms with E-state index in [2.05, 4.69) is 10.2 Å². The summed E-state index contributed by atoms with van der Waals surface area (Å²) in [6, 6.07) is 0.303. The van der Waals surface area contributed by atoms with E-state index in [1.807, 2.05) is 7.05 Å². The molecular weight excluding hydrogens is 269 g/mol. The standard InChI is InChI=1S/C14H25F3N2O/c1-18-13(10-20)6-2-3-12(9-13)19-7-4-11(5-8-19)14(15,16)17/h11-12,18,20H,2-10H2,1H3. The Labute approximate surface area is 118 Å². The molecule has 20 heavy (non-hydrogen) atoms. The maximum Gasteiger partial charge on any atom is 0.391 e. The molecule has 0 aromatic rings. The number of halogens is 3. The molecule has 0 aromatic heterocycles. The summed E-state index contributed by atoms with van der Waals surface area (Å²) >= 11 is 0. The van der Waals surface area contributed by atoms with E-state index >= 15 is 0 Å². The Bertz CT molecular complexity index is 310. The lowest BCUT2D eigenvalue weighted by Crippen LogP contribution is -2.56. The predicted octanol–water partition coefficient (Wildman–Crippen LogP) is 2.15. The third-order valence-corrected chi connectivity index (χ3v) is 5.16. The quantitative estimate of drug-likeness (QED) is 0.837. The fourth-order valence-electron chi connectivity index (χ4n) is 3.68. The third kappa shape index (κ3) is 3.46. The van der Waals surface area contributed by atoms with Gasteiger partial charge in [-0.25, -0.2) is 0 Å². The molecule has 0 aromatic carbocycles. The number of hydrogen-bond acceptors (Lipinski definition) is 3. The minimum absolute atomic E-state index is 0.0962. The van der Waals surface area contributed by atoms with Gasteiger partial charge in [-0.05, 0) is 58.7 Å². The van der Waals surface area contributed by atoms with Crippen LogP contribution in [0.3, 0.4) is 0 Å². The second kappa shape index (κ2) is 6.20. The van der Waals surface area contributed by atoms with Crippen molar-refractivity contribution >= 4 is 0 Å². The van der Waals surface area contributed by atoms with E-state index in [0.29, 0.717) is 19.1 Å². The fraction of sp³-hybridized carbons (Fsp3) is 1.00. The number of nitrogens with zero attached hydrogens (tertiary/aromatic N) is 1. The van der Waals surface area contributed by atoms with Crippen LogP contribution in [0.2, 0.25) is 0 Å². The van der Waals surface area contributed by atoms with Crippen LogP contribution in [0.5, 0.6) is 0 Å². The van der Waals surface area contributed by atoms with Gasteiger partial charge in [-0.2, -0.15) is 13.2 Å². The largest absolute Gasteiger partial charge is 0.394 e. The lowest BCUT2D eigenvalue weighted by molar-refractivity contribution is -0.186. The lowest BCUT2D eigenvalue weighted by Gasteiger charge is -2.46. The molecule has 1 aliphatic heterocycles. The minimum atomic E-state index is -4.04. The molecule has 2 aliphatic rings. The number of hydrogen-bond donors (Lipinski definition) is 2. The van der Waals surface area contributed by atoms with Gasteiger partial charge in [0.25, 0.3) is 0 Å². The molecule has 0 amide bonds. The van der Waals surface area contributed by atoms with Crippen molar-refractivity contribution in [1.82, 2.24) is 10.2 Å². The van der Waals surface area contributed by atoms with E-state index in [-0.39, 0.29) is 25.0 Å². The molecule has 3 nitrogen and oxygen atoms in total. The molecule has 2 unspecified atom stereocenters. The first kappa shape index (κ1) is 16.0. The van der Waals surface area contributed by atoms with Crippen LogP contribution in [0.1, 0.15) is 38.5 Å². The number of rotatable bonds is 3. The number of nitrogens with one attached hydrogen (secondary N) is 1. The van der Waals surface area contributed by atoms with E-state index in [9.17, 15) is 18.3 Å². The number of piperidine rings is 1. The summed E-state index contributed by atoms with van der Waals surface area (Å²) in [5.41, 5.74) is -0.246. The first-order chi connectivity index (χ1) is 9.40. The molecule has 2 N–H and O–H groups in total. The van der Waals surface area contributed by atoms with Crippen LogP contribution in [-0.4, -0.2) is 54.5 Å². The Morgan fingerprint density at radius 1 is 1.25 bits per heavy atom. The summed E-state index contributed by atoms with van der Waals surface area (Å²) in [5, 5.41) is 12.8. The Morgan fingerprint density at radius 2 is 1.90 bits per heavy atom. The Morgan fingerprint density at radius 3 is 2.40 bits per heavy atom. The minimum Gasteiger partial charge on any atom is -0.394 e. The molecule has 1 heterocycles. The zero-order chi connectivity index (χ0) is 14.8. The molecule has 118 valence electrons. The number of aliphatic hydroxyl groups is 1. The highest BCUT2D eigenvalue weighted by Crippen LogP contribution is 2.37. The molecule has 1 saturated heterocycles. The molecule has 0 spiro atoms. The highest BCUT2D eigenvalue weighted by Gasteiger charge is 2.43. The topological polar surface area (TPSA) is 35.5 Å². The number of aliphatic hydroxyl groups excluding tert-OH is 1. The van der Waals surface area contributed by atoms with Crippen molar-refractivity contribution < 1.29 is 18.3 Å². The molecule has 1 aliphatic carbocycles. The second-order valence-corrected chi connectivity index (χ2v) is 6.29. The van der Waals surface area contributed by atoms with Crippen LogP contribution in [0.15, 0.2) is 0 Å². The average Bonchev–Trinajstić information content (AvgIpc) is 2.46. The normalized spacial score (nSPS) is 34.4. The van der Waals surface area contributed by atoms with Gasteiger partial charge in [0.05, 0.1) is 12.5 Å². The average molecular weight is 294 g/mol. The highest BCUT2D eigenvalue weighted by molar-refractivity contribution is 4.96. The van der Waals surface area contributed by atoms with Gasteiger partial charge < -0.3 is 15.3 Å². The van der Waals surface area contributed by atoms with Gasteiger partial charge in [-0.1, -0.05) is 0 Å². The zero-order valence-electron chi connectivity index (χ0n) is 12.0. The number of alkyl halides is 3. The van der Waals surface area contributed by atoms with Gasteiger partial charge in [0.1, 0.15) is 0 Å². The third-order valence-electron chi connectivity index (χ3n) is 5.16. The molecule has 1 saturated carbocycles. The van der Waals surface area contributed by atoms with E-state index < -0.39 is 12.1 Å². The van der Waals surface area contributed by atoms with E-state index in [4.69, 9.17) is 0 Å². The van der Waals surface area contributed by atoms with Gasteiger partial charge in [-0.15, -0.1) is 0 Å². The van der Waals surface area contributed by atoms with Crippen molar-refractivity contribution in [3.8, 4) is 0 Å². The summed E-state index contributed by atoms with van der Waals surface area (Å²) in [4.78, 5) is 2.20. The predicted molar refractivity (Wildman–Crippen MR) is 71.5 cm³/mol. The van der Waals surface area contributed by atoms with Crippen LogP contribution in [0.25, 0.3) is 0 Å². The van der Waals surface area contributed by atoms with Crippen LogP contribution in [-0.2, 0) is 0 Å². The van der Waals surface area contributed by atoms with Crippen molar-refractivity contribution in [2.45, 2.75) is 56.3 Å². The van der Waals surface area contributed by atoms with Crippen molar-refractivity contribution in [1.29, 1.82) is 0 Å². The monoisotopic (exact) mass is 294 g/mol. The molecular formula is C14H25F3N2O. The molecule has 0 radical (unpaired) electrons. The van der Waals surface area contributed by atoms with Gasteiger partial charge in [0.2, 0.25) is 0 Å². The van der Waals surface area contributed by atoms with Gasteiger partial charge >= 0.3 is 6.18 Å². The highest BCUT2D eigenvalue weighted by atomic mass is 19.4. The first-order valence-corrected chi connectivity index (χ1v) is 7.51. The summed E-state index contributed by atoms with van der Waals surface area (Å²) in [7, 11) is 1.86. The summed E-state index contributed by atoms with van der Waals surface area (Å²) in [6.07, 6.45) is 0.202. The molecule has 6 heteroatoms. The SMILES string of the molecule is CNC1(CO)CCCC(N2CCC(C(F)(F)F)CC2)C1. The van der Waals surface area contributed by atoms with Crippen molar-refractivity contribution in [2.24, 2.45) is 5.92 Å². The van der Waals surface area contributed by atoms with Crippen LogP contribution < -0.4 is 5.32 Å². The van der Waals surface area contributed by atoms with Crippen LogP contribution in [0.4, 0.5) is 13.2 Å². The second-order valence-electron chi connectivity index (χ2n) is 6.29. The van der Waals surface area contributed by atoms with Crippen molar-refractivity contribution in [3.63, 3.8) is 0 Å². The van der Waals surface area contributed by atoms with E-state index in [0.717, 1.165) is 25.7 Å². The number of likely N-dealkylation sites (tertiary alicyclic amines) is 1. The lowest BCUT2D eigenvalue weighted by atomic mass is 9.78. The number of likely N-dealkylation sites (N-methyl/N-ethyl adjacent to an activating group) is 1. The Hall–Kier alpha value is -0.330. The maximum atomic E-state index is 12.7. The molecule has 2 atom stereocenters. The summed E-state index contributed by atoms with van der Waals surface area (Å²) in [5.74, 6) is -1.13. The fourth-order valence-corrected chi connectivity index (χ4v) is 3.68. The maximum absolute atomic E-state index is 12.7. The van der Waals surface area contributed by atoms with Crippen molar-refractivity contribution in [2.75, 3.05) is 26.7 Å². The van der Waals surface area contributed by atoms with E-state index in [1.165, 1.54) is 0 Å². The first-order valence-electron chi connectivity index (χ1n) is 7.51. The molecule has 2 rings (SSSR count). The van der Waals surface area contributed by atoms with Gasteiger partial charge in [0, 0.05) is 11.6 Å². The van der Waals surface area contributed by atoms with Crippen LogP contribution >= 0.6 is 0 Å².